The van der Waals surface area contributed by atoms with Gasteiger partial charge < -0.3 is 15.4 Å². The number of carbonyl (C=O) groups excluding carboxylic acids is 3. The second kappa shape index (κ2) is 8.01. The van der Waals surface area contributed by atoms with Crippen LogP contribution in [0.3, 0.4) is 0 Å². The summed E-state index contributed by atoms with van der Waals surface area (Å²) in [6, 6.07) is 20.3. The van der Waals surface area contributed by atoms with Gasteiger partial charge in [-0.3, -0.25) is 19.3 Å². The van der Waals surface area contributed by atoms with Gasteiger partial charge in [-0.05, 0) is 62.6 Å². The Hall–Kier alpha value is -3.97. The van der Waals surface area contributed by atoms with Crippen LogP contribution in [0.5, 0.6) is 5.75 Å². The quantitative estimate of drug-likeness (QED) is 0.511. The number of hydrogen-bond donors (Lipinski definition) is 2. The molecule has 7 nitrogen and oxygen atoms in total. The van der Waals surface area contributed by atoms with Crippen molar-refractivity contribution in [3.8, 4) is 5.75 Å². The van der Waals surface area contributed by atoms with Crippen molar-refractivity contribution < 1.29 is 19.1 Å². The molecule has 4 atom stereocenters. The number of nitrogens with one attached hydrogen (secondary N) is 2. The zero-order valence-electron chi connectivity index (χ0n) is 21.4. The number of rotatable bonds is 4. The SMILES string of the molecule is CCOc1ccccc1C(=O)[C@H]1[C@@H]2CCCN2[C@]2(C(=O)Nc3c(C)cccc32)[C@]12C(=O)Nc1ccccc12. The van der Waals surface area contributed by atoms with Gasteiger partial charge in [-0.1, -0.05) is 48.5 Å². The molecule has 4 aliphatic rings. The van der Waals surface area contributed by atoms with E-state index < -0.39 is 16.9 Å². The third kappa shape index (κ3) is 2.55. The molecule has 2 saturated heterocycles. The predicted octanol–water partition coefficient (Wildman–Crippen LogP) is 4.41. The fraction of sp³-hybridized carbons (Fsp3) is 0.323. The molecule has 2 N–H and O–H groups in total. The highest BCUT2D eigenvalue weighted by molar-refractivity contribution is 6.21. The Morgan fingerprint density at radius 2 is 1.74 bits per heavy atom. The van der Waals surface area contributed by atoms with E-state index in [1.54, 1.807) is 12.1 Å². The summed E-state index contributed by atoms with van der Waals surface area (Å²) < 4.78 is 5.87. The molecule has 2 amide bonds. The van der Waals surface area contributed by atoms with E-state index in [9.17, 15) is 14.4 Å². The predicted molar refractivity (Wildman–Crippen MR) is 143 cm³/mol. The number of amides is 2. The van der Waals surface area contributed by atoms with Gasteiger partial charge in [-0.15, -0.1) is 0 Å². The summed E-state index contributed by atoms with van der Waals surface area (Å²) in [6.45, 7) is 4.89. The summed E-state index contributed by atoms with van der Waals surface area (Å²) in [6.07, 6.45) is 1.57. The van der Waals surface area contributed by atoms with Gasteiger partial charge in [0.1, 0.15) is 16.7 Å². The van der Waals surface area contributed by atoms with Crippen LogP contribution in [-0.4, -0.2) is 41.7 Å². The fourth-order valence-electron chi connectivity index (χ4n) is 7.87. The van der Waals surface area contributed by atoms with Gasteiger partial charge in [-0.25, -0.2) is 0 Å². The summed E-state index contributed by atoms with van der Waals surface area (Å²) in [5, 5.41) is 6.23. The first-order valence-electron chi connectivity index (χ1n) is 13.3. The van der Waals surface area contributed by atoms with E-state index in [-0.39, 0.29) is 23.6 Å². The van der Waals surface area contributed by atoms with Crippen LogP contribution in [0.1, 0.15) is 46.8 Å². The maximum atomic E-state index is 14.8. The fourth-order valence-corrected chi connectivity index (χ4v) is 7.87. The first-order chi connectivity index (χ1) is 18.5. The molecule has 0 aliphatic carbocycles. The lowest BCUT2D eigenvalue weighted by molar-refractivity contribution is -0.137. The van der Waals surface area contributed by atoms with Crippen molar-refractivity contribution in [1.29, 1.82) is 0 Å². The number of benzene rings is 3. The zero-order chi connectivity index (χ0) is 26.2. The number of anilines is 2. The summed E-state index contributed by atoms with van der Waals surface area (Å²) in [7, 11) is 0. The van der Waals surface area contributed by atoms with Crippen LogP contribution in [0.15, 0.2) is 66.7 Å². The van der Waals surface area contributed by atoms with E-state index in [4.69, 9.17) is 4.74 Å². The molecule has 3 aromatic rings. The Morgan fingerprint density at radius 3 is 2.58 bits per heavy atom. The normalized spacial score (nSPS) is 28.8. The van der Waals surface area contributed by atoms with E-state index >= 15 is 0 Å². The number of para-hydroxylation sites is 3. The van der Waals surface area contributed by atoms with Crippen molar-refractivity contribution in [3.63, 3.8) is 0 Å². The molecule has 7 heteroatoms. The molecule has 192 valence electrons. The number of aryl methyl sites for hydroxylation is 1. The largest absolute Gasteiger partial charge is 0.493 e. The molecule has 4 aliphatic heterocycles. The van der Waals surface area contributed by atoms with Crippen LogP contribution in [0.2, 0.25) is 0 Å². The number of hydrogen-bond acceptors (Lipinski definition) is 5. The van der Waals surface area contributed by atoms with E-state index in [0.717, 1.165) is 29.7 Å². The van der Waals surface area contributed by atoms with E-state index in [2.05, 4.69) is 15.5 Å². The highest BCUT2D eigenvalue weighted by Crippen LogP contribution is 2.68. The summed E-state index contributed by atoms with van der Waals surface area (Å²) in [5.41, 5.74) is 1.45. The number of Topliss-reactive ketones (excluding diaryl/α,β-unsaturated/α-hetero) is 1. The molecular formula is C31H29N3O4. The molecule has 0 aromatic heterocycles. The van der Waals surface area contributed by atoms with Gasteiger partial charge in [0.05, 0.1) is 18.1 Å². The third-order valence-corrected chi connectivity index (χ3v) is 9.07. The Morgan fingerprint density at radius 1 is 0.974 bits per heavy atom. The molecule has 2 spiro atoms. The van der Waals surface area contributed by atoms with Crippen molar-refractivity contribution in [2.45, 2.75) is 43.7 Å². The van der Waals surface area contributed by atoms with Gasteiger partial charge in [0.2, 0.25) is 5.91 Å². The van der Waals surface area contributed by atoms with Gasteiger partial charge >= 0.3 is 0 Å². The number of fused-ring (bicyclic) bond motifs is 7. The summed E-state index contributed by atoms with van der Waals surface area (Å²) >= 11 is 0. The molecule has 3 aromatic carbocycles. The van der Waals surface area contributed by atoms with Crippen LogP contribution >= 0.6 is 0 Å². The van der Waals surface area contributed by atoms with Crippen LogP contribution < -0.4 is 15.4 Å². The van der Waals surface area contributed by atoms with Crippen molar-refractivity contribution in [2.75, 3.05) is 23.8 Å². The Labute approximate surface area is 221 Å². The number of ether oxygens (including phenoxy) is 1. The zero-order valence-corrected chi connectivity index (χ0v) is 21.4. The van der Waals surface area contributed by atoms with Gasteiger partial charge in [-0.2, -0.15) is 0 Å². The monoisotopic (exact) mass is 507 g/mol. The molecule has 0 bridgehead atoms. The smallest absolute Gasteiger partial charge is 0.251 e. The second-order valence-corrected chi connectivity index (χ2v) is 10.6. The topological polar surface area (TPSA) is 87.7 Å². The second-order valence-electron chi connectivity index (χ2n) is 10.6. The van der Waals surface area contributed by atoms with E-state index in [0.29, 0.717) is 35.7 Å². The number of carbonyl (C=O) groups is 3. The average Bonchev–Trinajstić information content (AvgIpc) is 3.64. The van der Waals surface area contributed by atoms with Gasteiger partial charge in [0.25, 0.3) is 5.91 Å². The minimum atomic E-state index is -1.45. The van der Waals surface area contributed by atoms with Crippen LogP contribution in [0, 0.1) is 12.8 Å². The average molecular weight is 508 g/mol. The lowest BCUT2D eigenvalue weighted by Crippen LogP contribution is -2.62. The van der Waals surface area contributed by atoms with E-state index in [1.807, 2.05) is 68.4 Å². The van der Waals surface area contributed by atoms with Gasteiger partial charge in [0, 0.05) is 23.0 Å². The lowest BCUT2D eigenvalue weighted by Gasteiger charge is -2.43. The standard InChI is InChI=1S/C31H29N3O4/c1-3-38-24-16-7-4-11-19(24)27(35)25-23-15-9-17-34(23)31(21-13-8-10-18(2)26(21)33-29(31)37)30(25)20-12-5-6-14-22(20)32-28(30)36/h4-8,10-14,16,23,25H,3,9,15,17H2,1-2H3,(H,32,36)(H,33,37)/t23-,25+,30-,31+/m0/s1. The van der Waals surface area contributed by atoms with Crippen molar-refractivity contribution in [3.05, 3.63) is 89.0 Å². The van der Waals surface area contributed by atoms with Crippen molar-refractivity contribution in [2.24, 2.45) is 5.92 Å². The molecule has 7 rings (SSSR count). The molecule has 0 unspecified atom stereocenters. The molecular weight excluding hydrogens is 478 g/mol. The Bertz CT molecular complexity index is 1530. The minimum Gasteiger partial charge on any atom is -0.493 e. The number of ketones is 1. The van der Waals surface area contributed by atoms with Crippen molar-refractivity contribution in [1.82, 2.24) is 4.90 Å². The summed E-state index contributed by atoms with van der Waals surface area (Å²) in [5.74, 6) is -0.991. The maximum Gasteiger partial charge on any atom is 0.251 e. The number of nitrogens with zero attached hydrogens (tertiary/aromatic N) is 1. The summed E-state index contributed by atoms with van der Waals surface area (Å²) in [4.78, 5) is 46.0. The first-order valence-corrected chi connectivity index (χ1v) is 13.3. The highest BCUT2D eigenvalue weighted by Gasteiger charge is 2.81. The Balaban J connectivity index is 1.58. The minimum absolute atomic E-state index is 0.163. The molecule has 38 heavy (non-hydrogen) atoms. The van der Waals surface area contributed by atoms with Crippen molar-refractivity contribution >= 4 is 29.0 Å². The molecule has 0 radical (unpaired) electrons. The van der Waals surface area contributed by atoms with Crippen LogP contribution in [0.4, 0.5) is 11.4 Å². The lowest BCUT2D eigenvalue weighted by atomic mass is 9.57. The Kier molecular flexibility index (Phi) is 4.89. The molecule has 4 heterocycles. The van der Waals surface area contributed by atoms with Gasteiger partial charge in [0.15, 0.2) is 5.78 Å². The highest BCUT2D eigenvalue weighted by atomic mass is 16.5. The third-order valence-electron chi connectivity index (χ3n) is 9.07. The molecule has 0 saturated carbocycles. The molecule has 2 fully saturated rings. The maximum absolute atomic E-state index is 14.8. The van der Waals surface area contributed by atoms with Crippen LogP contribution in [0.25, 0.3) is 0 Å². The van der Waals surface area contributed by atoms with E-state index in [1.165, 1.54) is 0 Å². The first kappa shape index (κ1) is 23.2. The van der Waals surface area contributed by atoms with Crippen LogP contribution in [-0.2, 0) is 20.5 Å².